The maximum atomic E-state index is 15.2. The molecule has 1 N–H and O–H groups in total. The molecule has 0 fully saturated rings. The first-order valence-electron chi connectivity index (χ1n) is 10.4. The second-order valence-electron chi connectivity index (χ2n) is 8.67. The summed E-state index contributed by atoms with van der Waals surface area (Å²) in [6.45, 7) is 12.8. The molecule has 6 heteroatoms. The summed E-state index contributed by atoms with van der Waals surface area (Å²) in [6, 6.07) is 8.50. The maximum absolute atomic E-state index is 15.2. The van der Waals surface area contributed by atoms with E-state index in [1.165, 1.54) is 0 Å². The Morgan fingerprint density at radius 1 is 1.06 bits per heavy atom. The van der Waals surface area contributed by atoms with Crippen LogP contribution < -0.4 is 5.32 Å². The molecule has 1 unspecified atom stereocenters. The lowest BCUT2D eigenvalue weighted by Crippen LogP contribution is -2.36. The Morgan fingerprint density at radius 2 is 1.68 bits per heavy atom. The molecule has 1 amide bonds. The van der Waals surface area contributed by atoms with Crippen molar-refractivity contribution >= 4 is 12.1 Å². The van der Waals surface area contributed by atoms with E-state index in [1.54, 1.807) is 46.8 Å². The van der Waals surface area contributed by atoms with E-state index in [4.69, 9.17) is 9.47 Å². The summed E-state index contributed by atoms with van der Waals surface area (Å²) in [5.41, 5.74) is 3.85. The summed E-state index contributed by atoms with van der Waals surface area (Å²) in [7, 11) is 0. The molecule has 0 bridgehead atoms. The van der Waals surface area contributed by atoms with Gasteiger partial charge in [0.2, 0.25) is 0 Å². The minimum atomic E-state index is -0.933. The number of aryl methyl sites for hydroxylation is 3. The fourth-order valence-corrected chi connectivity index (χ4v) is 3.54. The molecule has 0 saturated carbocycles. The highest BCUT2D eigenvalue weighted by molar-refractivity contribution is 5.75. The maximum Gasteiger partial charge on any atom is 0.408 e. The Bertz CT molecular complexity index is 942. The van der Waals surface area contributed by atoms with Crippen molar-refractivity contribution in [2.24, 2.45) is 0 Å². The van der Waals surface area contributed by atoms with Gasteiger partial charge in [0, 0.05) is 5.56 Å². The fourth-order valence-electron chi connectivity index (χ4n) is 3.54. The summed E-state index contributed by atoms with van der Waals surface area (Å²) in [5, 5.41) is 2.65. The lowest BCUT2D eigenvalue weighted by molar-refractivity contribution is -0.143. The Kier molecular flexibility index (Phi) is 7.82. The van der Waals surface area contributed by atoms with Crippen LogP contribution in [0.1, 0.15) is 62.4 Å². The molecule has 0 aliphatic rings. The summed E-state index contributed by atoms with van der Waals surface area (Å²) < 4.78 is 25.6. The third-order valence-electron chi connectivity index (χ3n) is 4.79. The van der Waals surface area contributed by atoms with E-state index in [-0.39, 0.29) is 18.6 Å². The molecule has 1 atom stereocenters. The Hall–Kier alpha value is -2.89. The van der Waals surface area contributed by atoms with Gasteiger partial charge in [0.1, 0.15) is 11.4 Å². The fraction of sp³-hybridized carbons (Fsp3) is 0.440. The van der Waals surface area contributed by atoms with Gasteiger partial charge in [-0.25, -0.2) is 9.18 Å². The molecule has 0 aliphatic heterocycles. The van der Waals surface area contributed by atoms with Gasteiger partial charge in [0.25, 0.3) is 0 Å². The van der Waals surface area contributed by atoms with Crippen LogP contribution in [0.25, 0.3) is 11.1 Å². The van der Waals surface area contributed by atoms with Gasteiger partial charge < -0.3 is 14.8 Å². The van der Waals surface area contributed by atoms with Crippen molar-refractivity contribution in [1.29, 1.82) is 0 Å². The highest BCUT2D eigenvalue weighted by Gasteiger charge is 2.26. The lowest BCUT2D eigenvalue weighted by atomic mass is 9.90. The third-order valence-corrected chi connectivity index (χ3v) is 4.79. The second kappa shape index (κ2) is 9.94. The number of nitrogens with one attached hydrogen (secondary N) is 1. The largest absolute Gasteiger partial charge is 0.466 e. The summed E-state index contributed by atoms with van der Waals surface area (Å²) in [6.07, 6.45) is -0.934. The van der Waals surface area contributed by atoms with Gasteiger partial charge in [0.15, 0.2) is 0 Å². The zero-order valence-electron chi connectivity index (χ0n) is 19.4. The average molecular weight is 430 g/mol. The van der Waals surface area contributed by atoms with E-state index in [0.29, 0.717) is 5.56 Å². The first-order valence-corrected chi connectivity index (χ1v) is 10.4. The number of alkyl carbamates (subject to hydrolysis) is 1. The number of hydrogen-bond acceptors (Lipinski definition) is 4. The van der Waals surface area contributed by atoms with E-state index in [9.17, 15) is 9.59 Å². The van der Waals surface area contributed by atoms with E-state index in [0.717, 1.165) is 22.3 Å². The number of amides is 1. The standard InChI is InChI=1S/C25H32FNO4/c1-8-30-21(28)14-20(27-24(29)31-25(5,6)7)19-13-18(12-17(4)23(19)26)22-15(2)10-9-11-16(22)3/h9-13,20H,8,14H2,1-7H3,(H,27,29). The molecule has 31 heavy (non-hydrogen) atoms. The number of carbonyl (C=O) groups excluding carboxylic acids is 2. The molecule has 0 aromatic heterocycles. The second-order valence-corrected chi connectivity index (χ2v) is 8.67. The normalized spacial score (nSPS) is 12.3. The first-order chi connectivity index (χ1) is 14.4. The van der Waals surface area contributed by atoms with Crippen molar-refractivity contribution in [2.75, 3.05) is 6.61 Å². The Morgan fingerprint density at radius 3 is 2.23 bits per heavy atom. The van der Waals surface area contributed by atoms with E-state index < -0.39 is 29.5 Å². The topological polar surface area (TPSA) is 64.6 Å². The van der Waals surface area contributed by atoms with Crippen molar-refractivity contribution in [3.63, 3.8) is 0 Å². The van der Waals surface area contributed by atoms with Crippen molar-refractivity contribution in [3.8, 4) is 11.1 Å². The molecule has 0 spiro atoms. The molecule has 2 rings (SSSR count). The Labute approximate surface area is 183 Å². The summed E-state index contributed by atoms with van der Waals surface area (Å²) >= 11 is 0. The van der Waals surface area contributed by atoms with Crippen LogP contribution in [0.5, 0.6) is 0 Å². The zero-order valence-corrected chi connectivity index (χ0v) is 19.4. The SMILES string of the molecule is CCOC(=O)CC(NC(=O)OC(C)(C)C)c1cc(-c2c(C)cccc2C)cc(C)c1F. The predicted octanol–water partition coefficient (Wildman–Crippen LogP) is 5.94. The number of hydrogen-bond donors (Lipinski definition) is 1. The van der Waals surface area contributed by atoms with Crippen LogP contribution in [0.3, 0.4) is 0 Å². The van der Waals surface area contributed by atoms with E-state index >= 15 is 4.39 Å². The smallest absolute Gasteiger partial charge is 0.408 e. The molecule has 2 aromatic rings. The molecule has 5 nitrogen and oxygen atoms in total. The van der Waals surface area contributed by atoms with Crippen LogP contribution in [0.2, 0.25) is 0 Å². The average Bonchev–Trinajstić information content (AvgIpc) is 2.62. The Balaban J connectivity index is 2.54. The van der Waals surface area contributed by atoms with Crippen LogP contribution in [-0.4, -0.2) is 24.3 Å². The highest BCUT2D eigenvalue weighted by atomic mass is 19.1. The van der Waals surface area contributed by atoms with Crippen LogP contribution >= 0.6 is 0 Å². The lowest BCUT2D eigenvalue weighted by Gasteiger charge is -2.25. The van der Waals surface area contributed by atoms with Crippen molar-refractivity contribution < 1.29 is 23.5 Å². The molecular weight excluding hydrogens is 397 g/mol. The van der Waals surface area contributed by atoms with Crippen molar-refractivity contribution in [2.45, 2.75) is 66.5 Å². The van der Waals surface area contributed by atoms with Gasteiger partial charge in [-0.05, 0) is 88.4 Å². The molecule has 0 aliphatic carbocycles. The van der Waals surface area contributed by atoms with E-state index in [1.807, 2.05) is 32.0 Å². The quantitative estimate of drug-likeness (QED) is 0.578. The molecule has 2 aromatic carbocycles. The van der Waals surface area contributed by atoms with Gasteiger partial charge in [-0.1, -0.05) is 18.2 Å². The number of carbonyl (C=O) groups is 2. The zero-order chi connectivity index (χ0) is 23.3. The number of esters is 1. The van der Waals surface area contributed by atoms with Gasteiger partial charge in [-0.3, -0.25) is 4.79 Å². The molecule has 0 radical (unpaired) electrons. The van der Waals surface area contributed by atoms with Gasteiger partial charge >= 0.3 is 12.1 Å². The summed E-state index contributed by atoms with van der Waals surface area (Å²) in [5.74, 6) is -1.00. The summed E-state index contributed by atoms with van der Waals surface area (Å²) in [4.78, 5) is 24.6. The van der Waals surface area contributed by atoms with Gasteiger partial charge in [-0.2, -0.15) is 0 Å². The highest BCUT2D eigenvalue weighted by Crippen LogP contribution is 2.33. The molecule has 0 heterocycles. The van der Waals surface area contributed by atoms with Crippen molar-refractivity contribution in [1.82, 2.24) is 5.32 Å². The molecular formula is C25H32FNO4. The first kappa shape index (κ1) is 24.4. The van der Waals surface area contributed by atoms with E-state index in [2.05, 4.69) is 5.32 Å². The van der Waals surface area contributed by atoms with Crippen LogP contribution in [-0.2, 0) is 14.3 Å². The predicted molar refractivity (Wildman–Crippen MR) is 119 cm³/mol. The third kappa shape index (κ3) is 6.54. The number of ether oxygens (including phenoxy) is 2. The molecule has 168 valence electrons. The minimum Gasteiger partial charge on any atom is -0.466 e. The van der Waals surface area contributed by atoms with Gasteiger partial charge in [-0.15, -0.1) is 0 Å². The number of halogens is 1. The van der Waals surface area contributed by atoms with Crippen LogP contribution in [0, 0.1) is 26.6 Å². The van der Waals surface area contributed by atoms with Crippen LogP contribution in [0.4, 0.5) is 9.18 Å². The van der Waals surface area contributed by atoms with Crippen molar-refractivity contribution in [3.05, 3.63) is 58.4 Å². The number of rotatable bonds is 6. The minimum absolute atomic E-state index is 0.196. The number of benzene rings is 2. The molecule has 0 saturated heterocycles. The van der Waals surface area contributed by atoms with Gasteiger partial charge in [0.05, 0.1) is 19.1 Å². The monoisotopic (exact) mass is 429 g/mol. The van der Waals surface area contributed by atoms with Crippen LogP contribution in [0.15, 0.2) is 30.3 Å².